The number of oxime groups is 1. The maximum Gasteiger partial charge on any atom is 0.168 e. The predicted octanol–water partition coefficient (Wildman–Crippen LogP) is 1.75. The van der Waals surface area contributed by atoms with Crippen LogP contribution >= 0.6 is 27.3 Å². The van der Waals surface area contributed by atoms with E-state index in [4.69, 9.17) is 15.7 Å². The van der Waals surface area contributed by atoms with E-state index in [1.807, 2.05) is 6.07 Å². The van der Waals surface area contributed by atoms with Crippen LogP contribution in [0.5, 0.6) is 0 Å². The molecular formula is C10H16BrN3O2S. The van der Waals surface area contributed by atoms with Crippen molar-refractivity contribution in [1.82, 2.24) is 5.32 Å². The van der Waals surface area contributed by atoms with Gasteiger partial charge in [-0.3, -0.25) is 0 Å². The molecule has 1 atom stereocenters. The summed E-state index contributed by atoms with van der Waals surface area (Å²) in [6.07, 6.45) is -0.363. The zero-order valence-corrected chi connectivity index (χ0v) is 11.9. The second kappa shape index (κ2) is 7.65. The van der Waals surface area contributed by atoms with Gasteiger partial charge in [0.25, 0.3) is 0 Å². The summed E-state index contributed by atoms with van der Waals surface area (Å²) >= 11 is 5.11. The maximum atomic E-state index is 8.42. The first-order chi connectivity index (χ1) is 8.13. The number of hydrogen-bond acceptors (Lipinski definition) is 5. The minimum atomic E-state index is -0.363. The van der Waals surface area contributed by atoms with Crippen molar-refractivity contribution < 1.29 is 9.94 Å². The molecule has 1 aromatic rings. The minimum absolute atomic E-state index is 0.0900. The molecule has 5 nitrogen and oxygen atoms in total. The summed E-state index contributed by atoms with van der Waals surface area (Å²) in [6, 6.07) is 4.10. The van der Waals surface area contributed by atoms with Crippen LogP contribution in [-0.4, -0.2) is 30.3 Å². The highest BCUT2D eigenvalue weighted by molar-refractivity contribution is 9.11. The van der Waals surface area contributed by atoms with Gasteiger partial charge >= 0.3 is 0 Å². The third-order valence-electron chi connectivity index (χ3n) is 2.11. The summed E-state index contributed by atoms with van der Waals surface area (Å²) in [5.74, 6) is 0.0900. The largest absolute Gasteiger partial charge is 0.409 e. The molecule has 17 heavy (non-hydrogen) atoms. The van der Waals surface area contributed by atoms with Gasteiger partial charge in [-0.1, -0.05) is 5.16 Å². The van der Waals surface area contributed by atoms with Crippen LogP contribution in [-0.2, 0) is 11.3 Å². The second-order valence-corrected chi connectivity index (χ2v) is 5.97. The number of nitrogens with two attached hydrogens (primary N) is 1. The van der Waals surface area contributed by atoms with Crippen molar-refractivity contribution in [1.29, 1.82) is 0 Å². The first kappa shape index (κ1) is 14.4. The van der Waals surface area contributed by atoms with Gasteiger partial charge in [-0.15, -0.1) is 11.3 Å². The molecule has 0 saturated carbocycles. The van der Waals surface area contributed by atoms with E-state index in [1.54, 1.807) is 18.3 Å². The summed E-state index contributed by atoms with van der Waals surface area (Å²) in [5, 5.41) is 14.6. The molecule has 96 valence electrons. The Morgan fingerprint density at radius 3 is 3.06 bits per heavy atom. The van der Waals surface area contributed by atoms with Crippen LogP contribution in [0.15, 0.2) is 21.1 Å². The Morgan fingerprint density at radius 1 is 1.71 bits per heavy atom. The molecule has 0 aromatic carbocycles. The Kier molecular flexibility index (Phi) is 6.49. The summed E-state index contributed by atoms with van der Waals surface area (Å²) in [7, 11) is 0. The third kappa shape index (κ3) is 5.49. The second-order valence-electron chi connectivity index (χ2n) is 3.42. The molecule has 0 aliphatic rings. The zero-order valence-electron chi connectivity index (χ0n) is 9.52. The van der Waals surface area contributed by atoms with E-state index in [0.29, 0.717) is 6.61 Å². The smallest absolute Gasteiger partial charge is 0.168 e. The fourth-order valence-corrected chi connectivity index (χ4v) is 2.59. The van der Waals surface area contributed by atoms with Gasteiger partial charge in [0.05, 0.1) is 10.4 Å². The van der Waals surface area contributed by atoms with Gasteiger partial charge in [-0.05, 0) is 35.0 Å². The van der Waals surface area contributed by atoms with Crippen molar-refractivity contribution in [3.63, 3.8) is 0 Å². The average Bonchev–Trinajstić information content (AvgIpc) is 2.73. The van der Waals surface area contributed by atoms with Crippen LogP contribution in [0.2, 0.25) is 0 Å². The van der Waals surface area contributed by atoms with Gasteiger partial charge in [0.15, 0.2) is 5.84 Å². The number of nitrogens with zero attached hydrogens (tertiary/aromatic N) is 1. The molecule has 0 saturated heterocycles. The fraction of sp³-hybridized carbons (Fsp3) is 0.500. The van der Waals surface area contributed by atoms with Gasteiger partial charge in [0.1, 0.15) is 6.10 Å². The Bertz CT molecular complexity index is 370. The predicted molar refractivity (Wildman–Crippen MR) is 72.5 cm³/mol. The zero-order chi connectivity index (χ0) is 12.7. The van der Waals surface area contributed by atoms with Gasteiger partial charge in [0, 0.05) is 18.0 Å². The standard InChI is InChI=1S/C10H16BrN3O2S/c1-7(10(12)14-15)16-5-4-13-6-8-2-3-9(11)17-8/h2-3,7,13,15H,4-6H2,1H3,(H2,12,14). The van der Waals surface area contributed by atoms with Crippen molar-refractivity contribution in [2.75, 3.05) is 13.2 Å². The van der Waals surface area contributed by atoms with Gasteiger partial charge in [0.2, 0.25) is 0 Å². The van der Waals surface area contributed by atoms with E-state index in [0.717, 1.165) is 16.9 Å². The molecule has 0 bridgehead atoms. The summed E-state index contributed by atoms with van der Waals surface area (Å²) in [5.41, 5.74) is 5.38. The van der Waals surface area contributed by atoms with Crippen molar-refractivity contribution in [2.45, 2.75) is 19.6 Å². The van der Waals surface area contributed by atoms with E-state index in [9.17, 15) is 0 Å². The highest BCUT2D eigenvalue weighted by Crippen LogP contribution is 2.21. The van der Waals surface area contributed by atoms with E-state index in [2.05, 4.69) is 32.5 Å². The molecule has 1 aromatic heterocycles. The van der Waals surface area contributed by atoms with Crippen molar-refractivity contribution >= 4 is 33.1 Å². The molecule has 0 fully saturated rings. The molecule has 1 rings (SSSR count). The lowest BCUT2D eigenvalue weighted by atomic mass is 10.4. The van der Waals surface area contributed by atoms with Crippen molar-refractivity contribution in [2.24, 2.45) is 10.9 Å². The number of ether oxygens (including phenoxy) is 1. The summed E-state index contributed by atoms with van der Waals surface area (Å²) in [6.45, 7) is 3.80. The highest BCUT2D eigenvalue weighted by atomic mass is 79.9. The molecule has 0 aliphatic carbocycles. The molecule has 7 heteroatoms. The van der Waals surface area contributed by atoms with Crippen LogP contribution in [0.25, 0.3) is 0 Å². The lowest BCUT2D eigenvalue weighted by Gasteiger charge is -2.11. The first-order valence-corrected chi connectivity index (χ1v) is 6.78. The molecule has 1 unspecified atom stereocenters. The third-order valence-corrected chi connectivity index (χ3v) is 3.73. The SMILES string of the molecule is CC(OCCNCc1ccc(Br)s1)/C(N)=N/O. The van der Waals surface area contributed by atoms with Crippen LogP contribution in [0.1, 0.15) is 11.8 Å². The van der Waals surface area contributed by atoms with Crippen LogP contribution in [0.3, 0.4) is 0 Å². The Labute approximate surface area is 113 Å². The van der Waals surface area contributed by atoms with E-state index < -0.39 is 0 Å². The van der Waals surface area contributed by atoms with Gasteiger partial charge in [-0.2, -0.15) is 0 Å². The van der Waals surface area contributed by atoms with E-state index >= 15 is 0 Å². The number of nitrogens with one attached hydrogen (secondary N) is 1. The summed E-state index contributed by atoms with van der Waals surface area (Å²) in [4.78, 5) is 1.27. The number of hydrogen-bond donors (Lipinski definition) is 3. The number of amidine groups is 1. The highest BCUT2D eigenvalue weighted by Gasteiger charge is 2.06. The maximum absolute atomic E-state index is 8.42. The van der Waals surface area contributed by atoms with Crippen LogP contribution < -0.4 is 11.1 Å². The molecule has 0 aliphatic heterocycles. The Hall–Kier alpha value is -0.630. The molecule has 0 radical (unpaired) electrons. The lowest BCUT2D eigenvalue weighted by molar-refractivity contribution is 0.108. The Morgan fingerprint density at radius 2 is 2.47 bits per heavy atom. The lowest BCUT2D eigenvalue weighted by Crippen LogP contribution is -2.31. The fourth-order valence-electron chi connectivity index (χ4n) is 1.13. The van der Waals surface area contributed by atoms with Crippen LogP contribution in [0.4, 0.5) is 0 Å². The number of thiophene rings is 1. The minimum Gasteiger partial charge on any atom is -0.409 e. The summed E-state index contributed by atoms with van der Waals surface area (Å²) < 4.78 is 6.48. The van der Waals surface area contributed by atoms with Gasteiger partial charge < -0.3 is 21.0 Å². The molecule has 0 spiro atoms. The number of halogens is 1. The first-order valence-electron chi connectivity index (χ1n) is 5.17. The normalized spacial score (nSPS) is 13.9. The van der Waals surface area contributed by atoms with Gasteiger partial charge in [-0.25, -0.2) is 0 Å². The topological polar surface area (TPSA) is 79.9 Å². The van der Waals surface area contributed by atoms with Crippen molar-refractivity contribution in [3.05, 3.63) is 20.8 Å². The average molecular weight is 322 g/mol. The quantitative estimate of drug-likeness (QED) is 0.235. The van der Waals surface area contributed by atoms with E-state index in [-0.39, 0.29) is 11.9 Å². The Balaban J connectivity index is 2.09. The van der Waals surface area contributed by atoms with Crippen molar-refractivity contribution in [3.8, 4) is 0 Å². The van der Waals surface area contributed by atoms with E-state index in [1.165, 1.54) is 4.88 Å². The van der Waals surface area contributed by atoms with Crippen LogP contribution in [0, 0.1) is 0 Å². The number of rotatable bonds is 7. The molecule has 4 N–H and O–H groups in total. The monoisotopic (exact) mass is 321 g/mol. The molecular weight excluding hydrogens is 306 g/mol. The molecule has 0 amide bonds. The molecule has 1 heterocycles.